The van der Waals surface area contributed by atoms with Crippen molar-refractivity contribution in [3.05, 3.63) is 11.1 Å². The van der Waals surface area contributed by atoms with E-state index in [2.05, 4.69) is 0 Å². The first kappa shape index (κ1) is 33.6. The molecule has 0 aromatic carbocycles. The summed E-state index contributed by atoms with van der Waals surface area (Å²) < 4.78 is 35.0. The smallest absolute Gasteiger partial charge is 0.305 e. The van der Waals surface area contributed by atoms with Crippen molar-refractivity contribution in [1.82, 2.24) is 0 Å². The SMILES string of the molecule is CCC(=O)O[C@H]1[C@@H]2[C@]3(OC(C)=O)CO[C@@H]3C[C@H](OC(C)=O)[C@@]2(C)C(=O)[C@H](OC(C)=O)C2=C(C)[C@@H](OC(C)=O)C[C@]1(O)C2(C)C. The number of fused-ring (bicyclic) bond motifs is 5. The number of hydrogen-bond acceptors (Lipinski definition) is 13. The van der Waals surface area contributed by atoms with Crippen LogP contribution >= 0.6 is 0 Å². The maximum atomic E-state index is 15.1. The van der Waals surface area contributed by atoms with E-state index in [-0.39, 0.29) is 31.4 Å². The maximum Gasteiger partial charge on any atom is 0.305 e. The van der Waals surface area contributed by atoms with Crippen molar-refractivity contribution >= 4 is 35.6 Å². The van der Waals surface area contributed by atoms with Gasteiger partial charge in [0.05, 0.1) is 17.9 Å². The van der Waals surface area contributed by atoms with Crippen LogP contribution in [0.15, 0.2) is 11.1 Å². The van der Waals surface area contributed by atoms with E-state index in [9.17, 15) is 29.1 Å². The Kier molecular flexibility index (Phi) is 8.57. The molecule has 2 bridgehead atoms. The molecule has 1 aliphatic heterocycles. The lowest BCUT2D eigenvalue weighted by Crippen LogP contribution is -2.82. The van der Waals surface area contributed by atoms with Gasteiger partial charge in [-0.15, -0.1) is 0 Å². The summed E-state index contributed by atoms with van der Waals surface area (Å²) in [4.78, 5) is 78.2. The molecule has 44 heavy (non-hydrogen) atoms. The third-order valence-electron chi connectivity index (χ3n) is 10.1. The molecule has 0 amide bonds. The van der Waals surface area contributed by atoms with Crippen LogP contribution < -0.4 is 0 Å². The summed E-state index contributed by atoms with van der Waals surface area (Å²) in [7, 11) is 0. The zero-order chi connectivity index (χ0) is 33.2. The second-order valence-electron chi connectivity index (χ2n) is 13.0. The molecule has 9 atom stereocenters. The van der Waals surface area contributed by atoms with Crippen LogP contribution in [0.1, 0.15) is 81.6 Å². The minimum absolute atomic E-state index is 0.0806. The molecule has 0 radical (unpaired) electrons. The van der Waals surface area contributed by atoms with Crippen molar-refractivity contribution in [2.24, 2.45) is 16.7 Å². The molecular weight excluding hydrogens is 580 g/mol. The summed E-state index contributed by atoms with van der Waals surface area (Å²) in [5.41, 5.74) is -6.55. The predicted molar refractivity (Wildman–Crippen MR) is 148 cm³/mol. The van der Waals surface area contributed by atoms with Gasteiger partial charge >= 0.3 is 29.8 Å². The summed E-state index contributed by atoms with van der Waals surface area (Å²) in [5, 5.41) is 13.0. The Morgan fingerprint density at radius 2 is 1.50 bits per heavy atom. The Morgan fingerprint density at radius 1 is 0.909 bits per heavy atom. The lowest BCUT2D eigenvalue weighted by atomic mass is 9.44. The molecule has 1 heterocycles. The van der Waals surface area contributed by atoms with Gasteiger partial charge in [0.15, 0.2) is 17.5 Å². The molecule has 13 heteroatoms. The minimum atomic E-state index is -2.12. The lowest BCUT2D eigenvalue weighted by molar-refractivity contribution is -0.347. The summed E-state index contributed by atoms with van der Waals surface area (Å²) in [6, 6.07) is 0. The number of carbonyl (C=O) groups excluding carboxylic acids is 6. The van der Waals surface area contributed by atoms with Crippen LogP contribution in [0.2, 0.25) is 0 Å². The average molecular weight is 623 g/mol. The molecule has 3 aliphatic carbocycles. The Morgan fingerprint density at radius 3 is 1.98 bits per heavy atom. The Bertz CT molecular complexity index is 1320. The standard InChI is InChI=1S/C31H42O13/c1-10-22(36)43-27-25-29(9,20(41-16(4)33)11-21-30(25,13-39-21)44-18(6)35)26(37)24(42-17(5)34)23-14(2)19(40-15(3)32)12-31(27,38)28(23,7)8/h19-21,24-25,27,38H,10-13H2,1-9H3/t19-,20-,21+,24+,25-,27-,29+,30-,31+/m0/s1. The van der Waals surface area contributed by atoms with E-state index in [1.54, 1.807) is 27.7 Å². The van der Waals surface area contributed by atoms with Crippen molar-refractivity contribution in [1.29, 1.82) is 0 Å². The van der Waals surface area contributed by atoms with E-state index in [0.29, 0.717) is 5.57 Å². The van der Waals surface area contributed by atoms with Gasteiger partial charge in [0, 0.05) is 52.4 Å². The number of ether oxygens (including phenoxy) is 6. The van der Waals surface area contributed by atoms with Crippen LogP contribution in [0.3, 0.4) is 0 Å². The van der Waals surface area contributed by atoms with Crippen LogP contribution in [-0.4, -0.2) is 89.1 Å². The largest absolute Gasteiger partial charge is 0.461 e. The van der Waals surface area contributed by atoms with Crippen molar-refractivity contribution in [3.8, 4) is 0 Å². The van der Waals surface area contributed by atoms with Gasteiger partial charge in [0.25, 0.3) is 0 Å². The lowest BCUT2D eigenvalue weighted by Gasteiger charge is -2.67. The molecule has 1 N–H and O–H groups in total. The highest BCUT2D eigenvalue weighted by atomic mass is 16.6. The number of rotatable bonds is 6. The molecule has 0 unspecified atom stereocenters. The highest BCUT2D eigenvalue weighted by molar-refractivity contribution is 5.95. The fourth-order valence-corrected chi connectivity index (χ4v) is 8.04. The van der Waals surface area contributed by atoms with Crippen LogP contribution in [0.4, 0.5) is 0 Å². The maximum absolute atomic E-state index is 15.1. The average Bonchev–Trinajstić information content (AvgIpc) is 2.88. The second kappa shape index (κ2) is 11.2. The number of hydrogen-bond donors (Lipinski definition) is 1. The molecule has 0 aromatic heterocycles. The molecule has 1 saturated heterocycles. The third kappa shape index (κ3) is 4.92. The number of carbonyl (C=O) groups is 6. The number of aliphatic hydroxyl groups is 1. The second-order valence-corrected chi connectivity index (χ2v) is 13.0. The zero-order valence-corrected chi connectivity index (χ0v) is 26.6. The van der Waals surface area contributed by atoms with Gasteiger partial charge in [0.2, 0.25) is 0 Å². The molecule has 13 nitrogen and oxygen atoms in total. The molecule has 4 rings (SSSR count). The molecule has 3 fully saturated rings. The van der Waals surface area contributed by atoms with Gasteiger partial charge in [0.1, 0.15) is 30.0 Å². The van der Waals surface area contributed by atoms with Gasteiger partial charge < -0.3 is 33.5 Å². The quantitative estimate of drug-likeness (QED) is 0.258. The molecule has 0 aromatic rings. The van der Waals surface area contributed by atoms with Gasteiger partial charge in [-0.25, -0.2) is 0 Å². The Labute approximate surface area is 255 Å². The van der Waals surface area contributed by atoms with Crippen molar-refractivity contribution in [3.63, 3.8) is 0 Å². The van der Waals surface area contributed by atoms with Crippen LogP contribution in [-0.2, 0) is 57.2 Å². The van der Waals surface area contributed by atoms with Crippen molar-refractivity contribution < 1.29 is 62.3 Å². The molecule has 2 saturated carbocycles. The van der Waals surface area contributed by atoms with E-state index < -0.39 is 94.1 Å². The van der Waals surface area contributed by atoms with Crippen molar-refractivity contribution in [2.75, 3.05) is 6.61 Å². The first-order valence-electron chi connectivity index (χ1n) is 14.8. The summed E-state index contributed by atoms with van der Waals surface area (Å²) in [6.07, 6.45) is -6.97. The summed E-state index contributed by atoms with van der Waals surface area (Å²) in [5.74, 6) is -5.77. The van der Waals surface area contributed by atoms with E-state index in [0.717, 1.165) is 6.92 Å². The Balaban J connectivity index is 2.17. The fourth-order valence-electron chi connectivity index (χ4n) is 8.04. The number of ketones is 1. The molecule has 0 spiro atoms. The third-order valence-corrected chi connectivity index (χ3v) is 10.1. The fraction of sp³-hybridized carbons (Fsp3) is 0.742. The zero-order valence-electron chi connectivity index (χ0n) is 26.6. The molecular formula is C31H42O13. The number of Topliss-reactive ketones (excluding diaryl/α,β-unsaturated/α-hetero) is 1. The van der Waals surface area contributed by atoms with E-state index >= 15 is 4.79 Å². The predicted octanol–water partition coefficient (Wildman–Crippen LogP) is 1.89. The normalized spacial score (nSPS) is 38.8. The van der Waals surface area contributed by atoms with E-state index in [1.165, 1.54) is 27.7 Å². The monoisotopic (exact) mass is 622 g/mol. The molecule has 4 aliphatic rings. The van der Waals surface area contributed by atoms with Gasteiger partial charge in [-0.1, -0.05) is 20.8 Å². The van der Waals surface area contributed by atoms with Gasteiger partial charge in [-0.2, -0.15) is 0 Å². The topological polar surface area (TPSA) is 178 Å². The minimum Gasteiger partial charge on any atom is -0.461 e. The summed E-state index contributed by atoms with van der Waals surface area (Å²) in [6.45, 7) is 12.3. The van der Waals surface area contributed by atoms with E-state index in [1.807, 2.05) is 0 Å². The first-order valence-corrected chi connectivity index (χ1v) is 14.8. The van der Waals surface area contributed by atoms with Gasteiger partial charge in [-0.3, -0.25) is 28.8 Å². The van der Waals surface area contributed by atoms with Crippen LogP contribution in [0.25, 0.3) is 0 Å². The van der Waals surface area contributed by atoms with Gasteiger partial charge in [-0.05, 0) is 25.0 Å². The molecule has 244 valence electrons. The number of esters is 5. The van der Waals surface area contributed by atoms with Crippen LogP contribution in [0.5, 0.6) is 0 Å². The summed E-state index contributed by atoms with van der Waals surface area (Å²) >= 11 is 0. The van der Waals surface area contributed by atoms with Crippen LogP contribution in [0, 0.1) is 16.7 Å². The Hall–Kier alpha value is -3.32. The van der Waals surface area contributed by atoms with E-state index in [4.69, 9.17) is 28.4 Å². The highest BCUT2D eigenvalue weighted by Crippen LogP contribution is 2.64. The first-order chi connectivity index (χ1) is 20.3. The highest BCUT2D eigenvalue weighted by Gasteiger charge is 2.79. The van der Waals surface area contributed by atoms with Crippen molar-refractivity contribution in [2.45, 2.75) is 123 Å².